The van der Waals surface area contributed by atoms with E-state index in [1.807, 2.05) is 6.07 Å². The number of anilines is 1. The summed E-state index contributed by atoms with van der Waals surface area (Å²) >= 11 is 3.00. The second kappa shape index (κ2) is 6.98. The molecule has 0 fully saturated rings. The van der Waals surface area contributed by atoms with E-state index >= 15 is 0 Å². The minimum absolute atomic E-state index is 0.411. The number of unbranched alkanes of at least 4 members (excludes halogenated alkanes) is 2. The maximum absolute atomic E-state index is 11.8. The van der Waals surface area contributed by atoms with E-state index in [-0.39, 0.29) is 0 Å². The molecule has 136 valence electrons. The number of carbonyl (C=O) groups excluding carboxylic acids is 1. The number of nitrogens with zero attached hydrogens (tertiary/aromatic N) is 2. The molecule has 3 aromatic heterocycles. The number of carbonyl (C=O) groups is 1. The van der Waals surface area contributed by atoms with E-state index in [0.717, 1.165) is 41.1 Å². The Kier molecular flexibility index (Phi) is 4.69. The number of amides is 1. The van der Waals surface area contributed by atoms with Gasteiger partial charge < -0.3 is 11.5 Å². The van der Waals surface area contributed by atoms with Gasteiger partial charge in [0.15, 0.2) is 0 Å². The zero-order valence-electron chi connectivity index (χ0n) is 14.7. The van der Waals surface area contributed by atoms with Gasteiger partial charge in [0.2, 0.25) is 0 Å². The van der Waals surface area contributed by atoms with Gasteiger partial charge in [-0.15, -0.1) is 22.7 Å². The molecule has 0 unspecified atom stereocenters. The topological polar surface area (TPSA) is 85.2 Å². The zero-order chi connectivity index (χ0) is 18.3. The number of primary amides is 1. The third-order valence-electron chi connectivity index (χ3n) is 4.89. The van der Waals surface area contributed by atoms with Crippen molar-refractivity contribution in [1.82, 2.24) is 9.88 Å². The molecule has 0 saturated carbocycles. The Morgan fingerprint density at radius 2 is 2.19 bits per heavy atom. The summed E-state index contributed by atoms with van der Waals surface area (Å²) < 4.78 is 0. The van der Waals surface area contributed by atoms with E-state index in [1.165, 1.54) is 41.0 Å². The summed E-state index contributed by atoms with van der Waals surface area (Å²) in [6.07, 6.45) is 3.69. The number of aromatic nitrogens is 1. The lowest BCUT2D eigenvalue weighted by atomic mass is 10.0. The van der Waals surface area contributed by atoms with Crippen molar-refractivity contribution in [1.29, 1.82) is 0 Å². The van der Waals surface area contributed by atoms with Crippen LogP contribution in [0, 0.1) is 0 Å². The SMILES string of the molecule is CCCCCN1Cc2nc3sc(C(N)=O)c(N)c3c(-c3cccs3)c2C1. The largest absolute Gasteiger partial charge is 0.397 e. The summed E-state index contributed by atoms with van der Waals surface area (Å²) in [6.45, 7) is 5.06. The maximum Gasteiger partial charge on any atom is 0.260 e. The van der Waals surface area contributed by atoms with Crippen molar-refractivity contribution in [2.24, 2.45) is 5.73 Å². The smallest absolute Gasteiger partial charge is 0.260 e. The first-order valence-corrected chi connectivity index (χ1v) is 10.6. The Morgan fingerprint density at radius 1 is 1.35 bits per heavy atom. The van der Waals surface area contributed by atoms with Crippen LogP contribution in [0.15, 0.2) is 17.5 Å². The third kappa shape index (κ3) is 2.90. The van der Waals surface area contributed by atoms with Crippen molar-refractivity contribution in [3.63, 3.8) is 0 Å². The Labute approximate surface area is 160 Å². The number of fused-ring (bicyclic) bond motifs is 2. The molecule has 1 amide bonds. The van der Waals surface area contributed by atoms with Gasteiger partial charge in [0, 0.05) is 28.9 Å². The van der Waals surface area contributed by atoms with Crippen LogP contribution in [0.5, 0.6) is 0 Å². The molecule has 0 spiro atoms. The van der Waals surface area contributed by atoms with Crippen molar-refractivity contribution in [3.8, 4) is 10.4 Å². The average molecular weight is 387 g/mol. The van der Waals surface area contributed by atoms with Crippen LogP contribution in [0.3, 0.4) is 0 Å². The van der Waals surface area contributed by atoms with Crippen LogP contribution in [0.1, 0.15) is 47.1 Å². The molecule has 0 aliphatic carbocycles. The normalized spacial score (nSPS) is 14.2. The molecule has 26 heavy (non-hydrogen) atoms. The van der Waals surface area contributed by atoms with Gasteiger partial charge in [-0.1, -0.05) is 25.8 Å². The molecule has 4 heterocycles. The van der Waals surface area contributed by atoms with Gasteiger partial charge >= 0.3 is 0 Å². The highest BCUT2D eigenvalue weighted by Crippen LogP contribution is 2.45. The quantitative estimate of drug-likeness (QED) is 0.621. The van der Waals surface area contributed by atoms with Gasteiger partial charge in [-0.2, -0.15) is 0 Å². The summed E-state index contributed by atoms with van der Waals surface area (Å²) in [4.78, 5) is 21.5. The van der Waals surface area contributed by atoms with Gasteiger partial charge in [0.05, 0.1) is 11.4 Å². The minimum atomic E-state index is -0.482. The van der Waals surface area contributed by atoms with E-state index in [9.17, 15) is 4.79 Å². The van der Waals surface area contributed by atoms with Crippen molar-refractivity contribution < 1.29 is 4.79 Å². The van der Waals surface area contributed by atoms with Gasteiger partial charge in [0.25, 0.3) is 5.91 Å². The second-order valence-corrected chi connectivity index (χ2v) is 8.64. The molecule has 3 aromatic rings. The number of hydrogen-bond donors (Lipinski definition) is 2. The van der Waals surface area contributed by atoms with E-state index in [0.29, 0.717) is 10.6 Å². The van der Waals surface area contributed by atoms with Crippen LogP contribution in [-0.2, 0) is 13.1 Å². The molecule has 0 atom stereocenters. The first kappa shape index (κ1) is 17.5. The molecule has 0 radical (unpaired) electrons. The van der Waals surface area contributed by atoms with Gasteiger partial charge in [-0.05, 0) is 30.0 Å². The molecule has 1 aliphatic heterocycles. The number of pyridine rings is 1. The van der Waals surface area contributed by atoms with Gasteiger partial charge in [-0.3, -0.25) is 9.69 Å². The number of hydrogen-bond acceptors (Lipinski definition) is 6. The van der Waals surface area contributed by atoms with Crippen molar-refractivity contribution in [2.45, 2.75) is 39.3 Å². The van der Waals surface area contributed by atoms with E-state index in [1.54, 1.807) is 11.3 Å². The highest BCUT2D eigenvalue weighted by atomic mass is 32.1. The molecule has 0 bridgehead atoms. The van der Waals surface area contributed by atoms with E-state index in [4.69, 9.17) is 16.5 Å². The lowest BCUT2D eigenvalue weighted by Gasteiger charge is -2.14. The minimum Gasteiger partial charge on any atom is -0.397 e. The fourth-order valence-corrected chi connectivity index (χ4v) is 5.43. The van der Waals surface area contributed by atoms with Gasteiger partial charge in [-0.25, -0.2) is 4.98 Å². The first-order valence-electron chi connectivity index (χ1n) is 8.90. The standard InChI is InChI=1S/C19H22N4OS2/c1-2-3-4-7-23-9-11-12(10-23)22-19-15(14(11)13-6-5-8-25-13)16(20)17(26-19)18(21)24/h5-6,8H,2-4,7,9-10,20H2,1H3,(H2,21,24). The molecule has 0 saturated heterocycles. The molecule has 4 N–H and O–H groups in total. The number of rotatable bonds is 6. The fraction of sp³-hybridized carbons (Fsp3) is 0.368. The molecule has 7 heteroatoms. The lowest BCUT2D eigenvalue weighted by Crippen LogP contribution is -2.17. The number of thiophene rings is 2. The fourth-order valence-electron chi connectivity index (χ4n) is 3.65. The average Bonchev–Trinajstić information content (AvgIpc) is 3.32. The molecular weight excluding hydrogens is 364 g/mol. The van der Waals surface area contributed by atoms with Crippen LogP contribution in [0.25, 0.3) is 20.7 Å². The van der Waals surface area contributed by atoms with Crippen LogP contribution in [-0.4, -0.2) is 22.3 Å². The summed E-state index contributed by atoms with van der Waals surface area (Å²) in [7, 11) is 0. The van der Waals surface area contributed by atoms with E-state index in [2.05, 4.69) is 23.3 Å². The number of nitrogen functional groups attached to an aromatic ring is 1. The second-order valence-electron chi connectivity index (χ2n) is 6.70. The van der Waals surface area contributed by atoms with E-state index < -0.39 is 5.91 Å². The lowest BCUT2D eigenvalue weighted by molar-refractivity contribution is 0.100. The highest BCUT2D eigenvalue weighted by Gasteiger charge is 2.29. The highest BCUT2D eigenvalue weighted by molar-refractivity contribution is 7.21. The zero-order valence-corrected chi connectivity index (χ0v) is 16.4. The Bertz CT molecular complexity index is 962. The predicted octanol–water partition coefficient (Wildman–Crippen LogP) is 4.21. The first-order chi connectivity index (χ1) is 12.6. The maximum atomic E-state index is 11.8. The molecule has 5 nitrogen and oxygen atoms in total. The molecule has 4 rings (SSSR count). The Hall–Kier alpha value is -1.96. The summed E-state index contributed by atoms with van der Waals surface area (Å²) in [6, 6.07) is 4.16. The van der Waals surface area contributed by atoms with Crippen molar-refractivity contribution in [2.75, 3.05) is 12.3 Å². The number of nitrogens with two attached hydrogens (primary N) is 2. The van der Waals surface area contributed by atoms with Gasteiger partial charge in [0.1, 0.15) is 9.71 Å². The van der Waals surface area contributed by atoms with Crippen molar-refractivity contribution in [3.05, 3.63) is 33.6 Å². The molecule has 1 aliphatic rings. The summed E-state index contributed by atoms with van der Waals surface area (Å²) in [5.74, 6) is -0.482. The molecular formula is C19H22N4OS2. The molecule has 0 aromatic carbocycles. The van der Waals surface area contributed by atoms with Crippen molar-refractivity contribution >= 4 is 44.5 Å². The van der Waals surface area contributed by atoms with Crippen LogP contribution in [0.4, 0.5) is 5.69 Å². The predicted molar refractivity (Wildman–Crippen MR) is 110 cm³/mol. The summed E-state index contributed by atoms with van der Waals surface area (Å²) in [5, 5.41) is 2.96. The van der Waals surface area contributed by atoms with Crippen LogP contribution >= 0.6 is 22.7 Å². The van der Waals surface area contributed by atoms with Crippen LogP contribution in [0.2, 0.25) is 0 Å². The Morgan fingerprint density at radius 3 is 2.88 bits per heavy atom. The monoisotopic (exact) mass is 386 g/mol. The Balaban J connectivity index is 1.85. The third-order valence-corrected chi connectivity index (χ3v) is 6.89. The summed E-state index contributed by atoms with van der Waals surface area (Å²) in [5.41, 5.74) is 15.8. The van der Waals surface area contributed by atoms with Crippen LogP contribution < -0.4 is 11.5 Å².